The lowest BCUT2D eigenvalue weighted by Crippen LogP contribution is -2.15. The van der Waals surface area contributed by atoms with Gasteiger partial charge in [0.05, 0.1) is 19.9 Å². The Balaban J connectivity index is 1.99. The fourth-order valence-corrected chi connectivity index (χ4v) is 3.92. The molecule has 0 bridgehead atoms. The molecule has 0 aliphatic heterocycles. The average molecular weight is 429 g/mol. The first kappa shape index (κ1) is 20.9. The van der Waals surface area contributed by atoms with Crippen molar-refractivity contribution in [1.82, 2.24) is 9.78 Å². The van der Waals surface area contributed by atoms with E-state index in [4.69, 9.17) is 14.6 Å². The largest absolute Gasteiger partial charge is 0.493 e. The second-order valence-corrected chi connectivity index (χ2v) is 7.66. The van der Waals surface area contributed by atoms with Gasteiger partial charge in [0, 0.05) is 18.3 Å². The summed E-state index contributed by atoms with van der Waals surface area (Å²) in [7, 11) is -1.46. The summed E-state index contributed by atoms with van der Waals surface area (Å²) in [5.41, 5.74) is 1.08. The first-order chi connectivity index (χ1) is 14.3. The van der Waals surface area contributed by atoms with Gasteiger partial charge in [-0.05, 0) is 35.9 Å². The number of ether oxygens (including phenoxy) is 2. The standard InChI is InChI=1S/C20H19N3O6S/c1-28-16-12-14(8-9-19(24)25)13-17(20(16)29-2)30(26,27)22-18-10-11-23(21-18)15-6-4-3-5-7-15/h3-13H,1-2H3,(H,21,22)(H,24,25). The Morgan fingerprint density at radius 1 is 1.13 bits per heavy atom. The summed E-state index contributed by atoms with van der Waals surface area (Å²) >= 11 is 0. The van der Waals surface area contributed by atoms with Gasteiger partial charge in [0.2, 0.25) is 0 Å². The van der Waals surface area contributed by atoms with Crippen molar-refractivity contribution in [3.05, 3.63) is 66.4 Å². The van der Waals surface area contributed by atoms with E-state index in [1.165, 1.54) is 43.2 Å². The first-order valence-corrected chi connectivity index (χ1v) is 10.1. The van der Waals surface area contributed by atoms with E-state index in [0.29, 0.717) is 5.56 Å². The minimum atomic E-state index is -4.13. The highest BCUT2D eigenvalue weighted by Gasteiger charge is 2.24. The number of benzene rings is 2. The van der Waals surface area contributed by atoms with Gasteiger partial charge < -0.3 is 14.6 Å². The van der Waals surface area contributed by atoms with E-state index in [-0.39, 0.29) is 22.2 Å². The van der Waals surface area contributed by atoms with Crippen LogP contribution in [0, 0.1) is 0 Å². The van der Waals surface area contributed by atoms with E-state index < -0.39 is 16.0 Å². The number of hydrogen-bond donors (Lipinski definition) is 2. The quantitative estimate of drug-likeness (QED) is 0.528. The number of methoxy groups -OCH3 is 2. The lowest BCUT2D eigenvalue weighted by atomic mass is 10.2. The second-order valence-electron chi connectivity index (χ2n) is 6.01. The molecule has 1 heterocycles. The number of sulfonamides is 1. The molecule has 156 valence electrons. The van der Waals surface area contributed by atoms with Gasteiger partial charge in [0.15, 0.2) is 17.3 Å². The maximum Gasteiger partial charge on any atom is 0.328 e. The summed E-state index contributed by atoms with van der Waals surface area (Å²) < 4.78 is 40.5. The summed E-state index contributed by atoms with van der Waals surface area (Å²) in [6.07, 6.45) is 3.77. The monoisotopic (exact) mass is 429 g/mol. The van der Waals surface area contributed by atoms with Crippen LogP contribution >= 0.6 is 0 Å². The molecule has 0 atom stereocenters. The highest BCUT2D eigenvalue weighted by molar-refractivity contribution is 7.92. The summed E-state index contributed by atoms with van der Waals surface area (Å²) in [6.45, 7) is 0. The molecule has 0 saturated carbocycles. The van der Waals surface area contributed by atoms with Gasteiger partial charge in [-0.3, -0.25) is 4.72 Å². The zero-order valence-corrected chi connectivity index (χ0v) is 17.0. The molecule has 0 saturated heterocycles. The molecule has 0 fully saturated rings. The molecule has 0 aliphatic carbocycles. The van der Waals surface area contributed by atoms with Crippen molar-refractivity contribution >= 4 is 27.9 Å². The Morgan fingerprint density at radius 2 is 1.87 bits per heavy atom. The second kappa shape index (κ2) is 8.70. The van der Waals surface area contributed by atoms with Crippen molar-refractivity contribution in [3.8, 4) is 17.2 Å². The fourth-order valence-electron chi connectivity index (χ4n) is 2.71. The van der Waals surface area contributed by atoms with Crippen molar-refractivity contribution in [2.24, 2.45) is 0 Å². The zero-order chi connectivity index (χ0) is 21.7. The Bertz CT molecular complexity index is 1190. The number of carbonyl (C=O) groups is 1. The number of aromatic nitrogens is 2. The number of para-hydroxylation sites is 1. The smallest absolute Gasteiger partial charge is 0.328 e. The normalized spacial score (nSPS) is 11.4. The number of rotatable bonds is 8. The SMILES string of the molecule is COc1cc(C=CC(=O)O)cc(S(=O)(=O)Nc2ccn(-c3ccccc3)n2)c1OC. The third-order valence-corrected chi connectivity index (χ3v) is 5.38. The number of hydrogen-bond acceptors (Lipinski definition) is 6. The molecule has 1 aromatic heterocycles. The topological polar surface area (TPSA) is 120 Å². The van der Waals surface area contributed by atoms with Gasteiger partial charge in [-0.25, -0.2) is 17.9 Å². The molecule has 2 aromatic carbocycles. The molecular weight excluding hydrogens is 410 g/mol. The average Bonchev–Trinajstić information content (AvgIpc) is 3.19. The number of carboxylic acid groups (broad SMARTS) is 1. The molecule has 30 heavy (non-hydrogen) atoms. The summed E-state index contributed by atoms with van der Waals surface area (Å²) in [5.74, 6) is -0.940. The third kappa shape index (κ3) is 4.61. The molecule has 3 aromatic rings. The summed E-state index contributed by atoms with van der Waals surface area (Å²) in [6, 6.07) is 13.5. The highest BCUT2D eigenvalue weighted by atomic mass is 32.2. The van der Waals surface area contributed by atoms with Crippen LogP contribution in [0.15, 0.2) is 65.7 Å². The van der Waals surface area contributed by atoms with E-state index in [1.807, 2.05) is 30.3 Å². The van der Waals surface area contributed by atoms with E-state index in [2.05, 4.69) is 9.82 Å². The predicted molar refractivity (Wildman–Crippen MR) is 111 cm³/mol. The molecule has 2 N–H and O–H groups in total. The van der Waals surface area contributed by atoms with Gasteiger partial charge in [-0.15, -0.1) is 5.10 Å². The number of nitrogens with zero attached hydrogens (tertiary/aromatic N) is 2. The van der Waals surface area contributed by atoms with Crippen LogP contribution in [-0.2, 0) is 14.8 Å². The van der Waals surface area contributed by atoms with E-state index >= 15 is 0 Å². The molecule has 3 rings (SSSR count). The first-order valence-electron chi connectivity index (χ1n) is 8.65. The minimum absolute atomic E-state index is 0.0139. The lowest BCUT2D eigenvalue weighted by molar-refractivity contribution is -0.131. The maximum absolute atomic E-state index is 13.0. The van der Waals surface area contributed by atoms with Crippen molar-refractivity contribution in [2.75, 3.05) is 18.9 Å². The molecule has 10 heteroatoms. The Morgan fingerprint density at radius 3 is 2.50 bits per heavy atom. The number of carboxylic acids is 1. The van der Waals surface area contributed by atoms with E-state index in [0.717, 1.165) is 11.8 Å². The zero-order valence-electron chi connectivity index (χ0n) is 16.1. The highest BCUT2D eigenvalue weighted by Crippen LogP contribution is 2.36. The molecule has 0 spiro atoms. The van der Waals surface area contributed by atoms with Crippen LogP contribution in [0.25, 0.3) is 11.8 Å². The number of nitrogens with one attached hydrogen (secondary N) is 1. The van der Waals surface area contributed by atoms with Gasteiger partial charge in [0.1, 0.15) is 4.90 Å². The summed E-state index contributed by atoms with van der Waals surface area (Å²) in [5, 5.41) is 13.1. The maximum atomic E-state index is 13.0. The van der Waals surface area contributed by atoms with Crippen LogP contribution in [-0.4, -0.2) is 43.5 Å². The fraction of sp³-hybridized carbons (Fsp3) is 0.100. The van der Waals surface area contributed by atoms with Crippen molar-refractivity contribution in [3.63, 3.8) is 0 Å². The predicted octanol–water partition coefficient (Wildman–Crippen LogP) is 2.79. The van der Waals surface area contributed by atoms with Crippen LogP contribution in [0.5, 0.6) is 11.5 Å². The Labute approximate surface area is 173 Å². The van der Waals surface area contributed by atoms with Gasteiger partial charge in [-0.1, -0.05) is 18.2 Å². The molecular formula is C20H19N3O6S. The van der Waals surface area contributed by atoms with Gasteiger partial charge >= 0.3 is 5.97 Å². The molecule has 0 amide bonds. The van der Waals surface area contributed by atoms with Crippen LogP contribution < -0.4 is 14.2 Å². The lowest BCUT2D eigenvalue weighted by Gasteiger charge is -2.14. The van der Waals surface area contributed by atoms with E-state index in [9.17, 15) is 13.2 Å². The molecule has 0 unspecified atom stereocenters. The number of anilines is 1. The summed E-state index contributed by atoms with van der Waals surface area (Å²) in [4.78, 5) is 10.6. The van der Waals surface area contributed by atoms with Crippen molar-refractivity contribution in [1.29, 1.82) is 0 Å². The van der Waals surface area contributed by atoms with Crippen molar-refractivity contribution in [2.45, 2.75) is 4.90 Å². The minimum Gasteiger partial charge on any atom is -0.493 e. The van der Waals surface area contributed by atoms with Crippen LogP contribution in [0.2, 0.25) is 0 Å². The van der Waals surface area contributed by atoms with Gasteiger partial charge in [0.25, 0.3) is 10.0 Å². The van der Waals surface area contributed by atoms with Crippen molar-refractivity contribution < 1.29 is 27.8 Å². The van der Waals surface area contributed by atoms with E-state index in [1.54, 1.807) is 6.20 Å². The molecule has 9 nitrogen and oxygen atoms in total. The van der Waals surface area contributed by atoms with Gasteiger partial charge in [-0.2, -0.15) is 0 Å². The Hall–Kier alpha value is -3.79. The molecule has 0 aliphatic rings. The molecule has 0 radical (unpaired) electrons. The van der Waals surface area contributed by atoms with Crippen LogP contribution in [0.1, 0.15) is 5.56 Å². The Kier molecular flexibility index (Phi) is 6.07. The van der Waals surface area contributed by atoms with Crippen LogP contribution in [0.3, 0.4) is 0 Å². The van der Waals surface area contributed by atoms with Crippen LogP contribution in [0.4, 0.5) is 5.82 Å². The number of aliphatic carboxylic acids is 1. The third-order valence-electron chi connectivity index (χ3n) is 4.02.